The molecule has 0 bridgehead atoms. The molecule has 1 aliphatic carbocycles. The average molecular weight is 786 g/mol. The van der Waals surface area contributed by atoms with Crippen LogP contribution in [0.4, 0.5) is 0 Å². The van der Waals surface area contributed by atoms with E-state index in [2.05, 4.69) is 71.7 Å². The van der Waals surface area contributed by atoms with Gasteiger partial charge in [-0.3, -0.25) is 4.40 Å². The third-order valence-electron chi connectivity index (χ3n) is 12.5. The predicted molar refractivity (Wildman–Crippen MR) is 246 cm³/mol. The van der Waals surface area contributed by atoms with Crippen molar-refractivity contribution in [3.63, 3.8) is 0 Å². The number of aryl methyl sites for hydroxylation is 3. The third-order valence-corrected chi connectivity index (χ3v) is 13.6. The molecule has 3 heterocycles. The first-order valence-electron chi connectivity index (χ1n) is 24.2. The summed E-state index contributed by atoms with van der Waals surface area (Å²) in [5, 5.41) is 0. The molecule has 2 aliphatic rings. The fourth-order valence-corrected chi connectivity index (χ4v) is 11.2. The van der Waals surface area contributed by atoms with Gasteiger partial charge in [0.05, 0.1) is 16.6 Å². The molecule has 0 amide bonds. The van der Waals surface area contributed by atoms with Crippen LogP contribution in [-0.4, -0.2) is 9.38 Å². The zero-order chi connectivity index (χ0) is 47.2. The van der Waals surface area contributed by atoms with E-state index in [4.69, 9.17) is 16.8 Å². The summed E-state index contributed by atoms with van der Waals surface area (Å²) in [6, 6.07) is 49.2. The van der Waals surface area contributed by atoms with Gasteiger partial charge in [0.25, 0.3) is 0 Å². The number of hydrogen-bond acceptors (Lipinski definition) is 3. The standard InChI is InChI=1S/C55H40N2OS/c1-31-22-26-44-53(50(31)34-24-25-41-39-18-9-8-16-37(39)35-14-6-7-15-36(35)38-17-10-11-19-40(38)43(41)29-34)59-49-28-33(3)42(30-45(49)55(44,4)5)51-32(2)23-27-48-52(51)58-54-56-46-20-12-13-21-47(46)57(48)54/h6-30H,1-5H3/i1D3,2D3,3D3. The number of hydrogen-bond donors (Lipinski definition) is 0. The summed E-state index contributed by atoms with van der Waals surface area (Å²) in [7, 11) is 0. The molecule has 0 unspecified atom stereocenters. The van der Waals surface area contributed by atoms with Gasteiger partial charge in [-0.15, -0.1) is 0 Å². The number of imidazole rings is 1. The Kier molecular flexibility index (Phi) is 5.57. The Labute approximate surface area is 360 Å². The summed E-state index contributed by atoms with van der Waals surface area (Å²) in [5.41, 5.74) is 13.2. The number of nitrogens with zero attached hydrogens (tertiary/aromatic N) is 2. The first-order chi connectivity index (χ1) is 32.4. The molecule has 0 atom stereocenters. The minimum absolute atomic E-state index is 0.0466. The molecular weight excluding hydrogens is 737 g/mol. The van der Waals surface area contributed by atoms with E-state index in [-0.39, 0.29) is 39.2 Å². The predicted octanol–water partition coefficient (Wildman–Crippen LogP) is 15.3. The Morgan fingerprint density at radius 1 is 0.525 bits per heavy atom. The maximum Gasteiger partial charge on any atom is 0.307 e. The van der Waals surface area contributed by atoms with E-state index >= 15 is 0 Å². The van der Waals surface area contributed by atoms with Gasteiger partial charge in [-0.1, -0.05) is 141 Å². The van der Waals surface area contributed by atoms with Gasteiger partial charge < -0.3 is 4.42 Å². The summed E-state index contributed by atoms with van der Waals surface area (Å²) < 4.78 is 88.0. The first-order valence-corrected chi connectivity index (χ1v) is 20.5. The van der Waals surface area contributed by atoms with Gasteiger partial charge in [0.1, 0.15) is 0 Å². The monoisotopic (exact) mass is 785 g/mol. The van der Waals surface area contributed by atoms with Crippen LogP contribution in [0.2, 0.25) is 0 Å². The van der Waals surface area contributed by atoms with Crippen LogP contribution in [0.1, 0.15) is 54.0 Å². The van der Waals surface area contributed by atoms with E-state index in [1.807, 2.05) is 78.9 Å². The molecule has 282 valence electrons. The van der Waals surface area contributed by atoms with E-state index in [1.165, 1.54) is 17.8 Å². The summed E-state index contributed by atoms with van der Waals surface area (Å²) in [6.45, 7) is -3.75. The maximum absolute atomic E-state index is 8.98. The SMILES string of the molecule is [2H]C([2H])([2H])c1cc2c(cc1-c1c(C([2H])([2H])[2H])ccc3c1oc1nc4ccccc4n13)C(C)(C)c1ccc(C([2H])([2H])[2H])c(-c3ccc4c(c3)-c3ccccc3-c3ccccc3-c3ccccc3-4)c1S2. The summed E-state index contributed by atoms with van der Waals surface area (Å²) in [5.74, 6) is 0.256. The summed E-state index contributed by atoms with van der Waals surface area (Å²) >= 11 is 1.35. The van der Waals surface area contributed by atoms with Crippen molar-refractivity contribution in [2.45, 2.75) is 49.6 Å². The maximum atomic E-state index is 8.98. The lowest BCUT2D eigenvalue weighted by Gasteiger charge is -2.37. The molecule has 59 heavy (non-hydrogen) atoms. The van der Waals surface area contributed by atoms with Crippen LogP contribution in [0.3, 0.4) is 0 Å². The van der Waals surface area contributed by atoms with Crippen molar-refractivity contribution >= 4 is 39.7 Å². The zero-order valence-corrected chi connectivity index (χ0v) is 33.0. The van der Waals surface area contributed by atoms with Crippen molar-refractivity contribution < 1.29 is 16.8 Å². The van der Waals surface area contributed by atoms with Crippen LogP contribution < -0.4 is 0 Å². The van der Waals surface area contributed by atoms with E-state index in [1.54, 1.807) is 18.2 Å². The molecule has 10 aromatic rings. The first kappa shape index (κ1) is 26.4. The molecule has 0 saturated carbocycles. The second-order valence-corrected chi connectivity index (χ2v) is 17.1. The lowest BCUT2D eigenvalue weighted by molar-refractivity contribution is 0.607. The Bertz CT molecular complexity index is 3770. The Balaban J connectivity index is 1.10. The van der Waals surface area contributed by atoms with Crippen molar-refractivity contribution in [1.29, 1.82) is 0 Å². The van der Waals surface area contributed by atoms with Gasteiger partial charge >= 0.3 is 5.84 Å². The van der Waals surface area contributed by atoms with Gasteiger partial charge in [-0.2, -0.15) is 4.98 Å². The number of oxazole rings is 1. The quantitative estimate of drug-likeness (QED) is 0.175. The fourth-order valence-electron chi connectivity index (χ4n) is 9.61. The van der Waals surface area contributed by atoms with Crippen molar-refractivity contribution in [3.8, 4) is 66.8 Å². The Morgan fingerprint density at radius 2 is 1.12 bits per heavy atom. The van der Waals surface area contributed by atoms with E-state index in [9.17, 15) is 0 Å². The molecule has 0 saturated heterocycles. The number of rotatable bonds is 2. The molecule has 0 N–H and O–H groups in total. The Hall–Kier alpha value is -6.62. The molecule has 0 fully saturated rings. The molecule has 1 aliphatic heterocycles. The second kappa shape index (κ2) is 12.4. The molecule has 8 aromatic carbocycles. The number of benzene rings is 8. The molecule has 2 aromatic heterocycles. The largest absolute Gasteiger partial charge is 0.422 e. The van der Waals surface area contributed by atoms with Crippen LogP contribution in [0, 0.1) is 20.6 Å². The van der Waals surface area contributed by atoms with Gasteiger partial charge in [0, 0.05) is 33.1 Å². The summed E-state index contributed by atoms with van der Waals surface area (Å²) in [6.07, 6.45) is 0. The zero-order valence-electron chi connectivity index (χ0n) is 41.1. The minimum Gasteiger partial charge on any atom is -0.422 e. The lowest BCUT2D eigenvalue weighted by Crippen LogP contribution is -2.24. The van der Waals surface area contributed by atoms with Crippen LogP contribution in [-0.2, 0) is 5.41 Å². The molecule has 0 spiro atoms. The van der Waals surface area contributed by atoms with E-state index < -0.39 is 26.0 Å². The van der Waals surface area contributed by atoms with Crippen molar-refractivity contribution in [3.05, 3.63) is 179 Å². The van der Waals surface area contributed by atoms with Gasteiger partial charge in [0.2, 0.25) is 0 Å². The number of aromatic nitrogens is 2. The smallest absolute Gasteiger partial charge is 0.307 e. The van der Waals surface area contributed by atoms with Crippen molar-refractivity contribution in [2.75, 3.05) is 0 Å². The fraction of sp³-hybridized carbons (Fsp3) is 0.109. The van der Waals surface area contributed by atoms with Gasteiger partial charge in [-0.05, 0) is 146 Å². The number of fused-ring (bicyclic) bond motifs is 15. The average Bonchev–Trinajstić information content (AvgIpc) is 3.86. The highest BCUT2D eigenvalue weighted by Gasteiger charge is 2.36. The molecule has 0 radical (unpaired) electrons. The third kappa shape index (κ3) is 4.87. The highest BCUT2D eigenvalue weighted by molar-refractivity contribution is 7.99. The topological polar surface area (TPSA) is 30.4 Å². The summed E-state index contributed by atoms with van der Waals surface area (Å²) in [4.78, 5) is 6.04. The van der Waals surface area contributed by atoms with Gasteiger partial charge in [-0.25, -0.2) is 0 Å². The number of para-hydroxylation sites is 2. The lowest BCUT2D eigenvalue weighted by atomic mass is 9.74. The molecule has 12 rings (SSSR count). The Morgan fingerprint density at radius 3 is 1.80 bits per heavy atom. The van der Waals surface area contributed by atoms with Crippen molar-refractivity contribution in [2.24, 2.45) is 0 Å². The highest BCUT2D eigenvalue weighted by Crippen LogP contribution is 2.56. The minimum atomic E-state index is -2.70. The van der Waals surface area contributed by atoms with Gasteiger partial charge in [0.15, 0.2) is 5.58 Å². The van der Waals surface area contributed by atoms with Crippen molar-refractivity contribution in [1.82, 2.24) is 9.38 Å². The van der Waals surface area contributed by atoms with Crippen LogP contribution in [0.5, 0.6) is 0 Å². The molecule has 3 nitrogen and oxygen atoms in total. The van der Waals surface area contributed by atoms with Crippen LogP contribution >= 0.6 is 11.8 Å². The normalized spacial score (nSPS) is 16.5. The van der Waals surface area contributed by atoms with Crippen LogP contribution in [0.15, 0.2) is 166 Å². The molecular formula is C55H40N2OS. The second-order valence-electron chi connectivity index (χ2n) is 16.0. The highest BCUT2D eigenvalue weighted by atomic mass is 32.2. The van der Waals surface area contributed by atoms with E-state index in [0.717, 1.165) is 71.6 Å². The van der Waals surface area contributed by atoms with Crippen LogP contribution in [0.25, 0.3) is 94.7 Å². The van der Waals surface area contributed by atoms with E-state index in [0.29, 0.717) is 21.5 Å². The molecule has 4 heteroatoms.